The number of hydrogen-bond acceptors (Lipinski definition) is 2. The quantitative estimate of drug-likeness (QED) is 0.842. The van der Waals surface area contributed by atoms with E-state index in [-0.39, 0.29) is 11.8 Å². The van der Waals surface area contributed by atoms with Crippen LogP contribution in [0.15, 0.2) is 24.3 Å². The highest BCUT2D eigenvalue weighted by Crippen LogP contribution is 2.37. The molecule has 3 nitrogen and oxygen atoms in total. The van der Waals surface area contributed by atoms with E-state index in [4.69, 9.17) is 4.74 Å². The fraction of sp³-hybridized carbons (Fsp3) is 0.588. The van der Waals surface area contributed by atoms with Gasteiger partial charge < -0.3 is 9.64 Å². The van der Waals surface area contributed by atoms with Crippen molar-refractivity contribution in [2.45, 2.75) is 38.0 Å². The summed E-state index contributed by atoms with van der Waals surface area (Å²) in [4.78, 5) is 14.3. The zero-order valence-electron chi connectivity index (χ0n) is 12.8. The normalized spacial score (nSPS) is 17.6. The van der Waals surface area contributed by atoms with Gasteiger partial charge in [-0.2, -0.15) is 0 Å². The van der Waals surface area contributed by atoms with E-state index < -0.39 is 0 Å². The third-order valence-corrected chi connectivity index (χ3v) is 4.30. The highest BCUT2D eigenvalue weighted by molar-refractivity contribution is 5.83. The first-order valence-electron chi connectivity index (χ1n) is 7.48. The van der Waals surface area contributed by atoms with Crippen LogP contribution < -0.4 is 4.74 Å². The molecule has 1 saturated carbocycles. The van der Waals surface area contributed by atoms with Crippen molar-refractivity contribution < 1.29 is 9.53 Å². The summed E-state index contributed by atoms with van der Waals surface area (Å²) in [6, 6.07) is 7.99. The fourth-order valence-electron chi connectivity index (χ4n) is 3.17. The van der Waals surface area contributed by atoms with Crippen LogP contribution in [0.4, 0.5) is 0 Å². The van der Waals surface area contributed by atoms with Crippen molar-refractivity contribution in [2.24, 2.45) is 5.92 Å². The molecule has 1 aliphatic carbocycles. The minimum atomic E-state index is -0.00351. The van der Waals surface area contributed by atoms with Gasteiger partial charge >= 0.3 is 0 Å². The van der Waals surface area contributed by atoms with Crippen LogP contribution in [-0.4, -0.2) is 32.0 Å². The van der Waals surface area contributed by atoms with Crippen LogP contribution in [0.1, 0.15) is 43.6 Å². The van der Waals surface area contributed by atoms with Crippen LogP contribution in [0.3, 0.4) is 0 Å². The summed E-state index contributed by atoms with van der Waals surface area (Å²) in [5.41, 5.74) is 1.12. The second-order valence-corrected chi connectivity index (χ2v) is 5.88. The smallest absolute Gasteiger partial charge is 0.229 e. The van der Waals surface area contributed by atoms with Crippen LogP contribution in [0, 0.1) is 5.92 Å². The van der Waals surface area contributed by atoms with Gasteiger partial charge in [0, 0.05) is 14.1 Å². The highest BCUT2D eigenvalue weighted by Gasteiger charge is 2.31. The number of carbonyl (C=O) groups is 1. The number of methoxy groups -OCH3 is 1. The van der Waals surface area contributed by atoms with Gasteiger partial charge in [0.1, 0.15) is 5.75 Å². The predicted molar refractivity (Wildman–Crippen MR) is 81.0 cm³/mol. The topological polar surface area (TPSA) is 29.5 Å². The van der Waals surface area contributed by atoms with E-state index >= 15 is 0 Å². The van der Waals surface area contributed by atoms with Gasteiger partial charge in [0.15, 0.2) is 0 Å². The van der Waals surface area contributed by atoms with Crippen molar-refractivity contribution in [3.05, 3.63) is 29.8 Å². The van der Waals surface area contributed by atoms with Gasteiger partial charge in [-0.05, 0) is 36.5 Å². The molecule has 1 aliphatic rings. The lowest BCUT2D eigenvalue weighted by Gasteiger charge is -2.31. The Hall–Kier alpha value is -1.51. The fourth-order valence-corrected chi connectivity index (χ4v) is 3.17. The third kappa shape index (κ3) is 3.33. The van der Waals surface area contributed by atoms with Crippen molar-refractivity contribution >= 4 is 5.91 Å². The minimum Gasteiger partial charge on any atom is -0.497 e. The summed E-state index contributed by atoms with van der Waals surface area (Å²) in [5.74, 6) is 1.54. The summed E-state index contributed by atoms with van der Waals surface area (Å²) in [6.07, 6.45) is 6.13. The lowest BCUT2D eigenvalue weighted by Crippen LogP contribution is -2.33. The van der Waals surface area contributed by atoms with Crippen molar-refractivity contribution in [2.75, 3.05) is 21.2 Å². The Morgan fingerprint density at radius 3 is 2.25 bits per heavy atom. The standard InChI is InChI=1S/C17H25NO2/c1-18(2)17(19)16(13-7-5-4-6-8-13)14-9-11-15(20-3)12-10-14/h9-13,16H,4-8H2,1-3H3. The minimum absolute atomic E-state index is 0.00351. The highest BCUT2D eigenvalue weighted by atomic mass is 16.5. The molecule has 0 radical (unpaired) electrons. The van der Waals surface area contributed by atoms with Crippen molar-refractivity contribution in [3.63, 3.8) is 0 Å². The largest absolute Gasteiger partial charge is 0.497 e. The van der Waals surface area contributed by atoms with Crippen LogP contribution in [0.25, 0.3) is 0 Å². The van der Waals surface area contributed by atoms with Crippen molar-refractivity contribution in [1.82, 2.24) is 4.90 Å². The maximum absolute atomic E-state index is 12.6. The molecule has 110 valence electrons. The summed E-state index contributed by atoms with van der Waals surface area (Å²) in [6.45, 7) is 0. The maximum atomic E-state index is 12.6. The molecule has 1 amide bonds. The molecule has 0 N–H and O–H groups in total. The Kier molecular flexibility index (Phi) is 5.05. The third-order valence-electron chi connectivity index (χ3n) is 4.30. The number of ether oxygens (including phenoxy) is 1. The molecular formula is C17H25NO2. The molecule has 1 fully saturated rings. The molecule has 1 atom stereocenters. The van der Waals surface area contributed by atoms with Gasteiger partial charge in [0.25, 0.3) is 0 Å². The average molecular weight is 275 g/mol. The second kappa shape index (κ2) is 6.78. The molecule has 1 unspecified atom stereocenters. The molecule has 0 aliphatic heterocycles. The van der Waals surface area contributed by atoms with Crippen LogP contribution in [0.2, 0.25) is 0 Å². The van der Waals surface area contributed by atoms with Gasteiger partial charge in [-0.25, -0.2) is 0 Å². The molecule has 0 spiro atoms. The number of nitrogens with zero attached hydrogens (tertiary/aromatic N) is 1. The average Bonchev–Trinajstić information content (AvgIpc) is 2.49. The van der Waals surface area contributed by atoms with Gasteiger partial charge in [-0.1, -0.05) is 31.4 Å². The number of amides is 1. The Labute approximate surface area is 121 Å². The second-order valence-electron chi connectivity index (χ2n) is 5.88. The molecular weight excluding hydrogens is 250 g/mol. The molecule has 20 heavy (non-hydrogen) atoms. The van der Waals surface area contributed by atoms with E-state index in [1.807, 2.05) is 38.4 Å². The molecule has 1 aromatic rings. The van der Waals surface area contributed by atoms with Gasteiger partial charge in [0.2, 0.25) is 5.91 Å². The molecule has 0 aromatic heterocycles. The summed E-state index contributed by atoms with van der Waals surface area (Å²) in [5, 5.41) is 0. The van der Waals surface area contributed by atoms with Crippen LogP contribution in [-0.2, 0) is 4.79 Å². The van der Waals surface area contributed by atoms with E-state index in [9.17, 15) is 4.79 Å². The number of carbonyl (C=O) groups excluding carboxylic acids is 1. The maximum Gasteiger partial charge on any atom is 0.229 e. The van der Waals surface area contributed by atoms with Gasteiger partial charge in [0.05, 0.1) is 13.0 Å². The number of benzene rings is 1. The molecule has 3 heteroatoms. The van der Waals surface area contributed by atoms with Gasteiger partial charge in [-0.15, -0.1) is 0 Å². The van der Waals surface area contributed by atoms with E-state index in [0.717, 1.165) is 24.2 Å². The van der Waals surface area contributed by atoms with Crippen molar-refractivity contribution in [1.29, 1.82) is 0 Å². The monoisotopic (exact) mass is 275 g/mol. The first kappa shape index (κ1) is 14.9. The molecule has 2 rings (SSSR count). The first-order valence-corrected chi connectivity index (χ1v) is 7.48. The molecule has 0 bridgehead atoms. The Morgan fingerprint density at radius 2 is 1.75 bits per heavy atom. The van der Waals surface area contributed by atoms with E-state index in [0.29, 0.717) is 5.92 Å². The Morgan fingerprint density at radius 1 is 1.15 bits per heavy atom. The predicted octanol–water partition coefficient (Wildman–Crippen LogP) is 3.45. The van der Waals surface area contributed by atoms with Crippen molar-refractivity contribution in [3.8, 4) is 5.75 Å². The summed E-state index contributed by atoms with van der Waals surface area (Å²) < 4.78 is 5.21. The lowest BCUT2D eigenvalue weighted by atomic mass is 9.76. The zero-order valence-corrected chi connectivity index (χ0v) is 12.8. The van der Waals surface area contributed by atoms with Crippen LogP contribution in [0.5, 0.6) is 5.75 Å². The number of likely N-dealkylation sites (N-methyl/N-ethyl adjacent to an activating group) is 1. The molecule has 0 heterocycles. The Balaban J connectivity index is 2.26. The van der Waals surface area contributed by atoms with E-state index in [2.05, 4.69) is 0 Å². The number of rotatable bonds is 4. The Bertz CT molecular complexity index is 433. The molecule has 1 aromatic carbocycles. The summed E-state index contributed by atoms with van der Waals surface area (Å²) >= 11 is 0. The van der Waals surface area contributed by atoms with Gasteiger partial charge in [-0.3, -0.25) is 4.79 Å². The SMILES string of the molecule is COc1ccc(C(C(=O)N(C)C)C2CCCCC2)cc1. The first-order chi connectivity index (χ1) is 9.63. The zero-order chi connectivity index (χ0) is 14.5. The van der Waals surface area contributed by atoms with Crippen LogP contribution >= 0.6 is 0 Å². The summed E-state index contributed by atoms with van der Waals surface area (Å²) in [7, 11) is 5.36. The number of hydrogen-bond donors (Lipinski definition) is 0. The lowest BCUT2D eigenvalue weighted by molar-refractivity contribution is -0.131. The molecule has 0 saturated heterocycles. The van der Waals surface area contributed by atoms with E-state index in [1.165, 1.54) is 19.3 Å². The van der Waals surface area contributed by atoms with E-state index in [1.54, 1.807) is 12.0 Å².